The number of hydrogen-bond acceptors (Lipinski definition) is 5. The van der Waals surface area contributed by atoms with Gasteiger partial charge in [0, 0.05) is 22.6 Å². The van der Waals surface area contributed by atoms with Crippen molar-refractivity contribution in [2.75, 3.05) is 6.61 Å². The average Bonchev–Trinajstić information content (AvgIpc) is 3.11. The highest BCUT2D eigenvalue weighted by Gasteiger charge is 2.61. The van der Waals surface area contributed by atoms with Gasteiger partial charge in [-0.3, -0.25) is 9.59 Å². The van der Waals surface area contributed by atoms with Crippen molar-refractivity contribution < 1.29 is 28.2 Å². The molecule has 2 unspecified atom stereocenters. The van der Waals surface area contributed by atoms with Gasteiger partial charge >= 0.3 is 11.9 Å². The molecule has 1 heterocycles. The highest BCUT2D eigenvalue weighted by molar-refractivity contribution is 6.17. The summed E-state index contributed by atoms with van der Waals surface area (Å²) >= 11 is 0. The first-order valence-electron chi connectivity index (χ1n) is 8.97. The van der Waals surface area contributed by atoms with Crippen molar-refractivity contribution in [3.8, 4) is 5.75 Å². The van der Waals surface area contributed by atoms with E-state index in [1.807, 2.05) is 0 Å². The Balaban J connectivity index is 1.91. The minimum Gasteiger partial charge on any atom is -0.463 e. The third kappa shape index (κ3) is 2.56. The molecular weight excluding hydrogens is 363 g/mol. The molecule has 0 amide bonds. The number of rotatable bonds is 4. The van der Waals surface area contributed by atoms with Crippen LogP contribution in [0.3, 0.4) is 0 Å². The molecule has 2 aliphatic rings. The van der Waals surface area contributed by atoms with E-state index in [9.17, 15) is 18.8 Å². The fourth-order valence-corrected chi connectivity index (χ4v) is 4.01. The van der Waals surface area contributed by atoms with Crippen molar-refractivity contribution in [1.29, 1.82) is 0 Å². The van der Waals surface area contributed by atoms with E-state index in [1.54, 1.807) is 37.3 Å². The second kappa shape index (κ2) is 6.71. The summed E-state index contributed by atoms with van der Waals surface area (Å²) in [6.07, 6.45) is 1.51. The molecular formula is C22H17FO5. The lowest BCUT2D eigenvalue weighted by atomic mass is 9.66. The van der Waals surface area contributed by atoms with Crippen molar-refractivity contribution >= 4 is 17.7 Å². The van der Waals surface area contributed by atoms with Gasteiger partial charge in [-0.25, -0.2) is 9.18 Å². The van der Waals surface area contributed by atoms with Crippen molar-refractivity contribution in [1.82, 2.24) is 0 Å². The van der Waals surface area contributed by atoms with E-state index < -0.39 is 34.9 Å². The predicted octanol–water partition coefficient (Wildman–Crippen LogP) is 3.59. The van der Waals surface area contributed by atoms with Crippen LogP contribution in [0.2, 0.25) is 0 Å². The molecule has 2 aromatic carbocycles. The summed E-state index contributed by atoms with van der Waals surface area (Å²) in [5, 5.41) is 0. The largest absolute Gasteiger partial charge is 0.463 e. The van der Waals surface area contributed by atoms with Crippen LogP contribution in [-0.4, -0.2) is 24.3 Å². The zero-order chi connectivity index (χ0) is 19.9. The smallest absolute Gasteiger partial charge is 0.334 e. The predicted molar refractivity (Wildman–Crippen MR) is 97.3 cm³/mol. The van der Waals surface area contributed by atoms with Crippen molar-refractivity contribution in [3.63, 3.8) is 0 Å². The Labute approximate surface area is 160 Å². The molecule has 0 fully saturated rings. The first kappa shape index (κ1) is 18.1. The lowest BCUT2D eigenvalue weighted by molar-refractivity contribution is -0.145. The molecule has 0 bridgehead atoms. The van der Waals surface area contributed by atoms with Crippen LogP contribution in [-0.2, 0) is 14.3 Å². The number of hydrogen-bond donors (Lipinski definition) is 0. The molecule has 0 spiro atoms. The normalized spacial score (nSPS) is 22.6. The summed E-state index contributed by atoms with van der Waals surface area (Å²) in [6.45, 7) is 1.81. The van der Waals surface area contributed by atoms with Gasteiger partial charge in [0.1, 0.15) is 17.0 Å². The topological polar surface area (TPSA) is 69.7 Å². The quantitative estimate of drug-likeness (QED) is 0.351. The van der Waals surface area contributed by atoms with Gasteiger partial charge in [0.2, 0.25) is 0 Å². The molecule has 6 heteroatoms. The third-order valence-corrected chi connectivity index (χ3v) is 5.25. The number of Topliss-reactive ketones (excluding diaryl/α,β-unsaturated/α-hetero) is 1. The summed E-state index contributed by atoms with van der Waals surface area (Å²) in [6, 6.07) is 12.0. The maximum absolute atomic E-state index is 14.0. The number of carbonyl (C=O) groups is 3. The number of carbonyl (C=O) groups excluding carboxylic acids is 3. The highest BCUT2D eigenvalue weighted by atomic mass is 19.1. The molecule has 5 nitrogen and oxygen atoms in total. The number of benzene rings is 2. The maximum atomic E-state index is 14.0. The zero-order valence-corrected chi connectivity index (χ0v) is 15.1. The van der Waals surface area contributed by atoms with Crippen LogP contribution >= 0.6 is 0 Å². The Morgan fingerprint density at radius 3 is 2.68 bits per heavy atom. The Morgan fingerprint density at radius 2 is 1.96 bits per heavy atom. The van der Waals surface area contributed by atoms with E-state index in [4.69, 9.17) is 9.47 Å². The lowest BCUT2D eigenvalue weighted by Crippen LogP contribution is -2.48. The molecule has 0 saturated heterocycles. The van der Waals surface area contributed by atoms with Crippen LogP contribution in [0.25, 0.3) is 0 Å². The highest BCUT2D eigenvalue weighted by Crippen LogP contribution is 2.57. The van der Waals surface area contributed by atoms with Crippen LogP contribution in [0.5, 0.6) is 5.75 Å². The lowest BCUT2D eigenvalue weighted by Gasteiger charge is -2.38. The Bertz CT molecular complexity index is 1010. The summed E-state index contributed by atoms with van der Waals surface area (Å²) < 4.78 is 24.6. The second-order valence-corrected chi connectivity index (χ2v) is 6.76. The van der Waals surface area contributed by atoms with Gasteiger partial charge < -0.3 is 9.47 Å². The second-order valence-electron chi connectivity index (χ2n) is 6.76. The van der Waals surface area contributed by atoms with Crippen molar-refractivity contribution in [2.45, 2.75) is 19.3 Å². The third-order valence-electron chi connectivity index (χ3n) is 5.25. The first-order valence-corrected chi connectivity index (χ1v) is 8.97. The van der Waals surface area contributed by atoms with E-state index in [0.717, 1.165) is 0 Å². The Hall–Kier alpha value is -3.28. The number of esters is 2. The van der Waals surface area contributed by atoms with Gasteiger partial charge in [0.25, 0.3) is 0 Å². The van der Waals surface area contributed by atoms with E-state index in [1.165, 1.54) is 24.3 Å². The summed E-state index contributed by atoms with van der Waals surface area (Å²) in [5.41, 5.74) is -0.873. The van der Waals surface area contributed by atoms with Crippen LogP contribution < -0.4 is 4.74 Å². The van der Waals surface area contributed by atoms with E-state index >= 15 is 0 Å². The first-order chi connectivity index (χ1) is 13.5. The van der Waals surface area contributed by atoms with Gasteiger partial charge in [-0.2, -0.15) is 0 Å². The number of ether oxygens (including phenoxy) is 2. The molecule has 142 valence electrons. The van der Waals surface area contributed by atoms with Gasteiger partial charge in [-0.05, 0) is 31.5 Å². The van der Waals surface area contributed by atoms with Gasteiger partial charge in [-0.15, -0.1) is 0 Å². The van der Waals surface area contributed by atoms with Gasteiger partial charge in [0.15, 0.2) is 5.78 Å². The molecule has 0 N–H and O–H groups in total. The van der Waals surface area contributed by atoms with E-state index in [0.29, 0.717) is 11.1 Å². The Morgan fingerprint density at radius 1 is 1.21 bits per heavy atom. The average molecular weight is 380 g/mol. The number of halogens is 1. The molecule has 28 heavy (non-hydrogen) atoms. The Kier molecular flexibility index (Phi) is 4.34. The van der Waals surface area contributed by atoms with E-state index in [-0.39, 0.29) is 24.4 Å². The molecule has 0 radical (unpaired) electrons. The van der Waals surface area contributed by atoms with Crippen LogP contribution in [0, 0.1) is 11.2 Å². The van der Waals surface area contributed by atoms with Crippen molar-refractivity contribution in [3.05, 3.63) is 77.1 Å². The minimum absolute atomic E-state index is 0.0195. The SMILES string of the molecule is CCOC(=O)C1=CCC2(C(=O)c3ccccc3)C(=O)Oc3ccc(F)cc3C12. The minimum atomic E-state index is -1.66. The van der Waals surface area contributed by atoms with Crippen LogP contribution in [0.4, 0.5) is 4.39 Å². The maximum Gasteiger partial charge on any atom is 0.334 e. The fraction of sp³-hybridized carbons (Fsp3) is 0.227. The van der Waals surface area contributed by atoms with Gasteiger partial charge in [0.05, 0.1) is 6.61 Å². The monoisotopic (exact) mass is 380 g/mol. The van der Waals surface area contributed by atoms with Gasteiger partial charge in [-0.1, -0.05) is 36.4 Å². The van der Waals surface area contributed by atoms with Crippen LogP contribution in [0.1, 0.15) is 35.2 Å². The molecule has 2 aromatic rings. The number of allylic oxidation sites excluding steroid dienone is 1. The van der Waals surface area contributed by atoms with E-state index in [2.05, 4.69) is 0 Å². The van der Waals surface area contributed by atoms with Crippen LogP contribution in [0.15, 0.2) is 60.2 Å². The molecule has 0 saturated carbocycles. The summed E-state index contributed by atoms with van der Waals surface area (Å²) in [4.78, 5) is 39.1. The standard InChI is InChI=1S/C22H17FO5/c1-2-27-20(25)15-10-11-22(19(24)13-6-4-3-5-7-13)18(15)16-12-14(23)8-9-17(16)28-21(22)26/h3-10,12,18H,2,11H2,1H3. The molecule has 0 aromatic heterocycles. The fourth-order valence-electron chi connectivity index (χ4n) is 4.01. The molecule has 1 aliphatic carbocycles. The summed E-state index contributed by atoms with van der Waals surface area (Å²) in [5.74, 6) is -3.21. The number of fused-ring (bicyclic) bond motifs is 3. The molecule has 4 rings (SSSR count). The molecule has 2 atom stereocenters. The molecule has 1 aliphatic heterocycles. The zero-order valence-electron chi connectivity index (χ0n) is 15.1. The van der Waals surface area contributed by atoms with Crippen molar-refractivity contribution in [2.24, 2.45) is 5.41 Å². The summed E-state index contributed by atoms with van der Waals surface area (Å²) in [7, 11) is 0. The number of ketones is 1.